The highest BCUT2D eigenvalue weighted by Gasteiger charge is 2.38. The molecule has 2 rings (SSSR count). The summed E-state index contributed by atoms with van der Waals surface area (Å²) in [5.74, 6) is -1.87. The Labute approximate surface area is 167 Å². The van der Waals surface area contributed by atoms with Crippen LogP contribution in [-0.4, -0.2) is 39.5 Å². The Bertz CT molecular complexity index is 805. The van der Waals surface area contributed by atoms with Crippen LogP contribution in [-0.2, 0) is 19.6 Å². The second-order valence-electron chi connectivity index (χ2n) is 6.93. The van der Waals surface area contributed by atoms with Crippen LogP contribution >= 0.6 is 0 Å². The Morgan fingerprint density at radius 1 is 1.00 bits per heavy atom. The summed E-state index contributed by atoms with van der Waals surface area (Å²) in [6.07, 6.45) is 0.965. The number of halogens is 3. The summed E-state index contributed by atoms with van der Waals surface area (Å²) in [5.41, 5.74) is -0.179. The van der Waals surface area contributed by atoms with Gasteiger partial charge in [0.1, 0.15) is 0 Å². The molecule has 1 aliphatic carbocycles. The summed E-state index contributed by atoms with van der Waals surface area (Å²) in [7, 11) is -3.90. The van der Waals surface area contributed by atoms with Crippen molar-refractivity contribution in [2.24, 2.45) is 5.92 Å². The van der Waals surface area contributed by atoms with Gasteiger partial charge in [0.25, 0.3) is 0 Å². The number of benzene rings is 1. The summed E-state index contributed by atoms with van der Waals surface area (Å²) < 4.78 is 63.3. The monoisotopic (exact) mass is 435 g/mol. The largest absolute Gasteiger partial charge is 0.471 e. The number of hydrogen-bond acceptors (Lipinski definition) is 4. The molecule has 7 nitrogen and oxygen atoms in total. The Morgan fingerprint density at radius 2 is 1.62 bits per heavy atom. The number of sulfonamides is 1. The van der Waals surface area contributed by atoms with Crippen LogP contribution < -0.4 is 15.4 Å². The van der Waals surface area contributed by atoms with Crippen molar-refractivity contribution in [3.63, 3.8) is 0 Å². The lowest BCUT2D eigenvalue weighted by Crippen LogP contribution is -2.35. The third kappa shape index (κ3) is 7.65. The van der Waals surface area contributed by atoms with Crippen LogP contribution in [0, 0.1) is 5.92 Å². The summed E-state index contributed by atoms with van der Waals surface area (Å²) in [6, 6.07) is 4.28. The zero-order chi connectivity index (χ0) is 21.5. The summed E-state index contributed by atoms with van der Waals surface area (Å²) in [6.45, 7) is 0.107. The minimum atomic E-state index is -5.03. The number of carbonyl (C=O) groups excluding carboxylic acids is 2. The van der Waals surface area contributed by atoms with Gasteiger partial charge in [-0.3, -0.25) is 9.59 Å². The smallest absolute Gasteiger partial charge is 0.355 e. The van der Waals surface area contributed by atoms with E-state index in [-0.39, 0.29) is 29.6 Å². The number of carbonyl (C=O) groups is 2. The minimum Gasteiger partial charge on any atom is -0.355 e. The summed E-state index contributed by atoms with van der Waals surface area (Å²) in [4.78, 5) is 22.6. The zero-order valence-corrected chi connectivity index (χ0v) is 16.5. The summed E-state index contributed by atoms with van der Waals surface area (Å²) >= 11 is 0. The molecule has 0 saturated heterocycles. The first-order valence-electron chi connectivity index (χ1n) is 9.32. The molecule has 0 atom stereocenters. The van der Waals surface area contributed by atoms with Crippen molar-refractivity contribution in [1.82, 2.24) is 10.0 Å². The van der Waals surface area contributed by atoms with Gasteiger partial charge in [-0.25, -0.2) is 13.1 Å². The molecule has 0 aromatic heterocycles. The highest BCUT2D eigenvalue weighted by molar-refractivity contribution is 7.89. The molecule has 0 unspecified atom stereocenters. The lowest BCUT2D eigenvalue weighted by Gasteiger charge is -2.20. The molecular formula is C18H24F3N3O4S. The Morgan fingerprint density at radius 3 is 2.21 bits per heavy atom. The van der Waals surface area contributed by atoms with Gasteiger partial charge in [0.15, 0.2) is 0 Å². The number of alkyl halides is 3. The maximum absolute atomic E-state index is 12.2. The van der Waals surface area contributed by atoms with Crippen molar-refractivity contribution >= 4 is 27.5 Å². The fraction of sp³-hybridized carbons (Fsp3) is 0.556. The second kappa shape index (κ2) is 10.1. The van der Waals surface area contributed by atoms with Crippen LogP contribution in [0.4, 0.5) is 18.9 Å². The molecular weight excluding hydrogens is 411 g/mol. The van der Waals surface area contributed by atoms with E-state index in [1.165, 1.54) is 6.42 Å². The highest BCUT2D eigenvalue weighted by atomic mass is 32.2. The zero-order valence-electron chi connectivity index (χ0n) is 15.7. The van der Waals surface area contributed by atoms with Gasteiger partial charge in [-0.1, -0.05) is 19.3 Å². The topological polar surface area (TPSA) is 104 Å². The van der Waals surface area contributed by atoms with E-state index in [4.69, 9.17) is 0 Å². The maximum atomic E-state index is 12.2. The van der Waals surface area contributed by atoms with Crippen LogP contribution in [0.25, 0.3) is 0 Å². The summed E-state index contributed by atoms with van der Waals surface area (Å²) in [5, 5.41) is 4.31. The van der Waals surface area contributed by atoms with Crippen molar-refractivity contribution < 1.29 is 31.2 Å². The first kappa shape index (κ1) is 23.1. The van der Waals surface area contributed by atoms with Crippen molar-refractivity contribution in [1.29, 1.82) is 0 Å². The van der Waals surface area contributed by atoms with Crippen LogP contribution in [0.15, 0.2) is 29.2 Å². The lowest BCUT2D eigenvalue weighted by molar-refractivity contribution is -0.167. The standard InChI is InChI=1S/C18H24F3N3O4S/c19-18(20,21)17(26)24-14-6-8-15(9-7-14)29(27,28)23-11-10-22-16(25)12-13-4-2-1-3-5-13/h6-9,13,23H,1-5,10-12H2,(H,22,25)(H,24,26). The van der Waals surface area contributed by atoms with Crippen molar-refractivity contribution in [3.05, 3.63) is 24.3 Å². The molecule has 29 heavy (non-hydrogen) atoms. The van der Waals surface area contributed by atoms with Gasteiger partial charge in [0.2, 0.25) is 15.9 Å². The fourth-order valence-electron chi connectivity index (χ4n) is 3.12. The van der Waals surface area contributed by atoms with E-state index in [9.17, 15) is 31.2 Å². The van der Waals surface area contributed by atoms with E-state index in [1.807, 2.05) is 0 Å². The van der Waals surface area contributed by atoms with Gasteiger partial charge in [-0.05, 0) is 43.0 Å². The predicted molar refractivity (Wildman–Crippen MR) is 101 cm³/mol. The van der Waals surface area contributed by atoms with Gasteiger partial charge >= 0.3 is 12.1 Å². The average molecular weight is 435 g/mol. The van der Waals surface area contributed by atoms with Gasteiger partial charge in [-0.2, -0.15) is 13.2 Å². The van der Waals surface area contributed by atoms with E-state index >= 15 is 0 Å². The highest BCUT2D eigenvalue weighted by Crippen LogP contribution is 2.26. The number of rotatable bonds is 8. The van der Waals surface area contributed by atoms with Crippen LogP contribution in [0.3, 0.4) is 0 Å². The Balaban J connectivity index is 1.77. The Hall–Kier alpha value is -2.14. The van der Waals surface area contributed by atoms with E-state index in [0.29, 0.717) is 12.3 Å². The minimum absolute atomic E-state index is 0.0225. The molecule has 0 heterocycles. The molecule has 1 aliphatic rings. The number of anilines is 1. The number of hydrogen-bond donors (Lipinski definition) is 3. The Kier molecular flexibility index (Phi) is 8.03. The SMILES string of the molecule is O=C(CC1CCCCC1)NCCNS(=O)(=O)c1ccc(NC(=O)C(F)(F)F)cc1. The van der Waals surface area contributed by atoms with Gasteiger partial charge in [-0.15, -0.1) is 0 Å². The quantitative estimate of drug-likeness (QED) is 0.546. The molecule has 11 heteroatoms. The van der Waals surface area contributed by atoms with E-state index in [2.05, 4.69) is 10.0 Å². The molecule has 2 amide bonds. The molecule has 162 valence electrons. The number of amides is 2. The molecule has 1 fully saturated rings. The van der Waals surface area contributed by atoms with Gasteiger partial charge in [0.05, 0.1) is 4.90 Å². The van der Waals surface area contributed by atoms with E-state index in [1.54, 1.807) is 5.32 Å². The first-order chi connectivity index (χ1) is 13.6. The molecule has 0 bridgehead atoms. The maximum Gasteiger partial charge on any atom is 0.471 e. The van der Waals surface area contributed by atoms with Gasteiger partial charge in [0, 0.05) is 25.2 Å². The van der Waals surface area contributed by atoms with Gasteiger partial charge < -0.3 is 10.6 Å². The molecule has 1 aromatic rings. The lowest BCUT2D eigenvalue weighted by atomic mass is 9.87. The first-order valence-corrected chi connectivity index (χ1v) is 10.8. The molecule has 3 N–H and O–H groups in total. The van der Waals surface area contributed by atoms with Crippen molar-refractivity contribution in [2.75, 3.05) is 18.4 Å². The molecule has 0 radical (unpaired) electrons. The third-order valence-electron chi connectivity index (χ3n) is 4.62. The normalized spacial score (nSPS) is 15.7. The second-order valence-corrected chi connectivity index (χ2v) is 8.70. The average Bonchev–Trinajstić information content (AvgIpc) is 2.66. The molecule has 0 spiro atoms. The van der Waals surface area contributed by atoms with Crippen molar-refractivity contribution in [3.8, 4) is 0 Å². The van der Waals surface area contributed by atoms with E-state index < -0.39 is 22.1 Å². The molecule has 1 saturated carbocycles. The predicted octanol–water partition coefficient (Wildman–Crippen LogP) is 2.55. The van der Waals surface area contributed by atoms with Crippen molar-refractivity contribution in [2.45, 2.75) is 49.6 Å². The van der Waals surface area contributed by atoms with Crippen LogP contribution in [0.1, 0.15) is 38.5 Å². The molecule has 1 aromatic carbocycles. The number of nitrogens with one attached hydrogen (secondary N) is 3. The van der Waals surface area contributed by atoms with Crippen LogP contribution in [0.2, 0.25) is 0 Å². The van der Waals surface area contributed by atoms with E-state index in [0.717, 1.165) is 49.9 Å². The third-order valence-corrected chi connectivity index (χ3v) is 6.09. The molecule has 0 aliphatic heterocycles. The van der Waals surface area contributed by atoms with Crippen LogP contribution in [0.5, 0.6) is 0 Å². The fourth-order valence-corrected chi connectivity index (χ4v) is 4.15.